The molecular formula is C22H19N3O2. The standard InChI is InChI=1S/C22H19N3O2/c1-13-10-15(22(26)27)6-7-16(13)12-25-19-5-3-2-4-17(19)18-11-14(21(23)24)8-9-20(18)25/h2-11H,12H2,1H3,(H3,23,24)(H,26,27). The van der Waals surface area contributed by atoms with Crippen molar-refractivity contribution < 1.29 is 9.90 Å². The third kappa shape index (κ3) is 2.83. The van der Waals surface area contributed by atoms with Gasteiger partial charge in [-0.2, -0.15) is 0 Å². The minimum Gasteiger partial charge on any atom is -0.478 e. The first-order chi connectivity index (χ1) is 13.0. The molecule has 134 valence electrons. The van der Waals surface area contributed by atoms with Crippen LogP contribution >= 0.6 is 0 Å². The van der Waals surface area contributed by atoms with Gasteiger partial charge in [0.25, 0.3) is 0 Å². The molecule has 0 saturated carbocycles. The highest BCUT2D eigenvalue weighted by Gasteiger charge is 2.13. The lowest BCUT2D eigenvalue weighted by Crippen LogP contribution is -2.10. The molecule has 0 aliphatic carbocycles. The van der Waals surface area contributed by atoms with E-state index in [2.05, 4.69) is 16.7 Å². The van der Waals surface area contributed by atoms with E-state index < -0.39 is 5.97 Å². The number of nitrogens with zero attached hydrogens (tertiary/aromatic N) is 1. The second kappa shape index (κ2) is 6.29. The first kappa shape index (κ1) is 16.8. The van der Waals surface area contributed by atoms with Crippen LogP contribution in [0.15, 0.2) is 60.7 Å². The van der Waals surface area contributed by atoms with Crippen molar-refractivity contribution in [2.75, 3.05) is 0 Å². The van der Waals surface area contributed by atoms with Gasteiger partial charge in [-0.25, -0.2) is 4.79 Å². The fraction of sp³-hybridized carbons (Fsp3) is 0.0909. The summed E-state index contributed by atoms with van der Waals surface area (Å²) >= 11 is 0. The zero-order chi connectivity index (χ0) is 19.1. The number of aryl methyl sites for hydroxylation is 1. The Morgan fingerprint density at radius 2 is 1.70 bits per heavy atom. The van der Waals surface area contributed by atoms with Gasteiger partial charge in [0.1, 0.15) is 5.84 Å². The summed E-state index contributed by atoms with van der Waals surface area (Å²) in [7, 11) is 0. The predicted molar refractivity (Wildman–Crippen MR) is 108 cm³/mol. The number of fused-ring (bicyclic) bond motifs is 3. The van der Waals surface area contributed by atoms with Crippen molar-refractivity contribution in [2.45, 2.75) is 13.5 Å². The Morgan fingerprint density at radius 1 is 1.00 bits per heavy atom. The number of carbonyl (C=O) groups is 1. The van der Waals surface area contributed by atoms with Gasteiger partial charge in [-0.3, -0.25) is 5.41 Å². The van der Waals surface area contributed by atoms with E-state index in [-0.39, 0.29) is 5.84 Å². The second-order valence-electron chi connectivity index (χ2n) is 6.70. The molecule has 5 nitrogen and oxygen atoms in total. The number of aromatic nitrogens is 1. The van der Waals surface area contributed by atoms with Gasteiger partial charge in [0, 0.05) is 33.9 Å². The first-order valence-electron chi connectivity index (χ1n) is 8.64. The van der Waals surface area contributed by atoms with Gasteiger partial charge < -0.3 is 15.4 Å². The van der Waals surface area contributed by atoms with Crippen molar-refractivity contribution in [2.24, 2.45) is 5.73 Å². The van der Waals surface area contributed by atoms with E-state index >= 15 is 0 Å². The van der Waals surface area contributed by atoms with E-state index in [9.17, 15) is 9.90 Å². The van der Waals surface area contributed by atoms with Crippen LogP contribution in [0.5, 0.6) is 0 Å². The minimum atomic E-state index is -0.918. The average molecular weight is 357 g/mol. The molecule has 1 aromatic heterocycles. The molecule has 0 fully saturated rings. The van der Waals surface area contributed by atoms with Gasteiger partial charge in [0.05, 0.1) is 5.56 Å². The molecule has 0 aliphatic heterocycles. The number of hydrogen-bond acceptors (Lipinski definition) is 2. The second-order valence-corrected chi connectivity index (χ2v) is 6.70. The molecule has 0 unspecified atom stereocenters. The molecular weight excluding hydrogens is 338 g/mol. The number of hydrogen-bond donors (Lipinski definition) is 3. The molecule has 0 bridgehead atoms. The smallest absolute Gasteiger partial charge is 0.335 e. The Balaban J connectivity index is 1.90. The third-order valence-corrected chi connectivity index (χ3v) is 5.00. The number of nitrogens with two attached hydrogens (primary N) is 1. The number of aromatic carboxylic acids is 1. The fourth-order valence-corrected chi connectivity index (χ4v) is 3.57. The Kier molecular flexibility index (Phi) is 3.92. The van der Waals surface area contributed by atoms with Crippen molar-refractivity contribution in [1.82, 2.24) is 4.57 Å². The van der Waals surface area contributed by atoms with E-state index in [0.29, 0.717) is 17.7 Å². The average Bonchev–Trinajstić information content (AvgIpc) is 2.96. The number of nitrogens with one attached hydrogen (secondary N) is 1. The number of para-hydroxylation sites is 1. The molecule has 5 heteroatoms. The van der Waals surface area contributed by atoms with E-state index in [1.807, 2.05) is 43.3 Å². The monoisotopic (exact) mass is 357 g/mol. The molecule has 0 saturated heterocycles. The number of rotatable bonds is 4. The summed E-state index contributed by atoms with van der Waals surface area (Å²) in [6.45, 7) is 2.57. The highest BCUT2D eigenvalue weighted by Crippen LogP contribution is 2.31. The fourth-order valence-electron chi connectivity index (χ4n) is 3.57. The maximum Gasteiger partial charge on any atom is 0.335 e. The lowest BCUT2D eigenvalue weighted by Gasteiger charge is -2.11. The van der Waals surface area contributed by atoms with Crippen LogP contribution < -0.4 is 5.73 Å². The zero-order valence-corrected chi connectivity index (χ0v) is 14.9. The Bertz CT molecular complexity index is 1220. The molecule has 0 spiro atoms. The SMILES string of the molecule is Cc1cc(C(=O)O)ccc1Cn1c2ccccc2c2cc(C(=N)N)ccc21. The van der Waals surface area contributed by atoms with Crippen LogP contribution in [0.1, 0.15) is 27.0 Å². The van der Waals surface area contributed by atoms with Crippen molar-refractivity contribution in [3.8, 4) is 0 Å². The summed E-state index contributed by atoms with van der Waals surface area (Å²) < 4.78 is 2.22. The van der Waals surface area contributed by atoms with Crippen LogP contribution in [0.25, 0.3) is 21.8 Å². The van der Waals surface area contributed by atoms with Crippen LogP contribution in [0.4, 0.5) is 0 Å². The van der Waals surface area contributed by atoms with Crippen LogP contribution in [-0.2, 0) is 6.54 Å². The lowest BCUT2D eigenvalue weighted by atomic mass is 10.0. The molecule has 4 N–H and O–H groups in total. The molecule has 0 aliphatic rings. The first-order valence-corrected chi connectivity index (χ1v) is 8.64. The zero-order valence-electron chi connectivity index (χ0n) is 14.9. The van der Waals surface area contributed by atoms with E-state index in [0.717, 1.165) is 32.9 Å². The Morgan fingerprint density at radius 3 is 2.41 bits per heavy atom. The summed E-state index contributed by atoms with van der Waals surface area (Å²) in [5.41, 5.74) is 10.8. The van der Waals surface area contributed by atoms with E-state index in [4.69, 9.17) is 11.1 Å². The largest absolute Gasteiger partial charge is 0.478 e. The van der Waals surface area contributed by atoms with Gasteiger partial charge in [0.2, 0.25) is 0 Å². The minimum absolute atomic E-state index is 0.0498. The molecule has 0 amide bonds. The maximum absolute atomic E-state index is 11.2. The van der Waals surface area contributed by atoms with Gasteiger partial charge >= 0.3 is 5.97 Å². The van der Waals surface area contributed by atoms with Crippen LogP contribution in [0, 0.1) is 12.3 Å². The van der Waals surface area contributed by atoms with Gasteiger partial charge in [-0.05, 0) is 54.4 Å². The summed E-state index contributed by atoms with van der Waals surface area (Å²) in [4.78, 5) is 11.2. The molecule has 27 heavy (non-hydrogen) atoms. The molecule has 0 atom stereocenters. The number of nitrogen functional groups attached to an aromatic ring is 1. The Labute approximate surface area is 156 Å². The number of benzene rings is 3. The number of carboxylic acid groups (broad SMARTS) is 1. The summed E-state index contributed by atoms with van der Waals surface area (Å²) in [5.74, 6) is -0.868. The molecule has 4 aromatic rings. The summed E-state index contributed by atoms with van der Waals surface area (Å²) in [6.07, 6.45) is 0. The highest BCUT2D eigenvalue weighted by atomic mass is 16.4. The van der Waals surface area contributed by atoms with Crippen LogP contribution in [-0.4, -0.2) is 21.5 Å². The predicted octanol–water partition coefficient (Wildman–Crippen LogP) is 4.13. The molecule has 0 radical (unpaired) electrons. The number of carboxylic acids is 1. The van der Waals surface area contributed by atoms with E-state index in [1.165, 1.54) is 0 Å². The summed E-state index contributed by atoms with van der Waals surface area (Å²) in [6, 6.07) is 19.2. The van der Waals surface area contributed by atoms with Crippen molar-refractivity contribution >= 4 is 33.6 Å². The topological polar surface area (TPSA) is 92.1 Å². The van der Waals surface area contributed by atoms with Gasteiger partial charge in [0.15, 0.2) is 0 Å². The number of amidine groups is 1. The molecule has 3 aromatic carbocycles. The van der Waals surface area contributed by atoms with Gasteiger partial charge in [-0.15, -0.1) is 0 Å². The van der Waals surface area contributed by atoms with Crippen LogP contribution in [0.3, 0.4) is 0 Å². The lowest BCUT2D eigenvalue weighted by molar-refractivity contribution is 0.0696. The highest BCUT2D eigenvalue weighted by molar-refractivity contribution is 6.10. The van der Waals surface area contributed by atoms with E-state index in [1.54, 1.807) is 12.1 Å². The molecule has 1 heterocycles. The maximum atomic E-state index is 11.2. The van der Waals surface area contributed by atoms with Gasteiger partial charge in [-0.1, -0.05) is 24.3 Å². The quantitative estimate of drug-likeness (QED) is 0.379. The van der Waals surface area contributed by atoms with Crippen molar-refractivity contribution in [3.05, 3.63) is 82.9 Å². The summed E-state index contributed by atoms with van der Waals surface area (Å²) in [5, 5.41) is 19.0. The van der Waals surface area contributed by atoms with Crippen molar-refractivity contribution in [1.29, 1.82) is 5.41 Å². The normalized spacial score (nSPS) is 11.1. The van der Waals surface area contributed by atoms with Crippen molar-refractivity contribution in [3.63, 3.8) is 0 Å². The third-order valence-electron chi connectivity index (χ3n) is 5.00. The van der Waals surface area contributed by atoms with Crippen LogP contribution in [0.2, 0.25) is 0 Å². The molecule has 4 rings (SSSR count). The Hall–Kier alpha value is -3.60.